The van der Waals surface area contributed by atoms with Crippen LogP contribution in [0.15, 0.2) is 9.98 Å². The number of carbonyl (C=O) groups is 1. The lowest BCUT2D eigenvalue weighted by Crippen LogP contribution is -2.36. The summed E-state index contributed by atoms with van der Waals surface area (Å²) in [7, 11) is 0. The summed E-state index contributed by atoms with van der Waals surface area (Å²) in [6.45, 7) is 0. The lowest BCUT2D eigenvalue weighted by molar-refractivity contribution is 0.185. The van der Waals surface area contributed by atoms with Gasteiger partial charge in [0.1, 0.15) is 0 Å². The van der Waals surface area contributed by atoms with Crippen molar-refractivity contribution in [3.05, 3.63) is 15.0 Å². The minimum absolute atomic E-state index is 0.122. The summed E-state index contributed by atoms with van der Waals surface area (Å²) in [6.07, 6.45) is 4.78. The topological polar surface area (TPSA) is 62.2 Å². The molecule has 0 atom stereocenters. The predicted molar refractivity (Wildman–Crippen MR) is 66.0 cm³/mol. The highest BCUT2D eigenvalue weighted by atomic mass is 79.9. The Bertz CT molecular complexity index is 375. The van der Waals surface area contributed by atoms with Gasteiger partial charge in [-0.3, -0.25) is 0 Å². The first-order chi connectivity index (χ1) is 7.65. The Kier molecular flexibility index (Phi) is 3.81. The smallest absolute Gasteiger partial charge is 0.404 e. The predicted octanol–water partition coefficient (Wildman–Crippen LogP) is 3.20. The molecule has 16 heavy (non-hydrogen) atoms. The number of halogens is 1. The summed E-state index contributed by atoms with van der Waals surface area (Å²) in [5, 5.41) is 12.3. The average molecular weight is 305 g/mol. The molecule has 0 bridgehead atoms. The van der Waals surface area contributed by atoms with E-state index < -0.39 is 6.09 Å². The van der Waals surface area contributed by atoms with Crippen molar-refractivity contribution in [3.63, 3.8) is 0 Å². The molecule has 6 heteroatoms. The van der Waals surface area contributed by atoms with Crippen molar-refractivity contribution in [2.24, 2.45) is 0 Å². The quantitative estimate of drug-likeness (QED) is 0.882. The van der Waals surface area contributed by atoms with Gasteiger partial charge in [0.05, 0.1) is 15.0 Å². The van der Waals surface area contributed by atoms with Crippen LogP contribution in [0.1, 0.15) is 36.6 Å². The van der Waals surface area contributed by atoms with Crippen molar-refractivity contribution in [2.45, 2.75) is 37.6 Å². The molecule has 0 saturated heterocycles. The van der Waals surface area contributed by atoms with Gasteiger partial charge in [-0.05, 0) is 41.6 Å². The number of amides is 1. The van der Waals surface area contributed by atoms with Gasteiger partial charge >= 0.3 is 6.09 Å². The number of thiazole rings is 1. The van der Waals surface area contributed by atoms with Gasteiger partial charge in [-0.15, -0.1) is 11.3 Å². The van der Waals surface area contributed by atoms with Crippen LogP contribution in [0.2, 0.25) is 0 Å². The van der Waals surface area contributed by atoms with Crippen LogP contribution in [-0.4, -0.2) is 22.2 Å². The van der Waals surface area contributed by atoms with Crippen molar-refractivity contribution in [3.8, 4) is 0 Å². The third-order valence-corrected chi connectivity index (χ3v) is 4.54. The number of carboxylic acid groups (broad SMARTS) is 1. The van der Waals surface area contributed by atoms with Crippen LogP contribution < -0.4 is 5.32 Å². The third-order valence-electron chi connectivity index (χ3n) is 2.90. The molecule has 1 aliphatic rings. The zero-order chi connectivity index (χ0) is 11.5. The van der Waals surface area contributed by atoms with Gasteiger partial charge in [0.2, 0.25) is 0 Å². The second kappa shape index (κ2) is 5.14. The number of hydrogen-bond donors (Lipinski definition) is 2. The Labute approximate surface area is 106 Å². The van der Waals surface area contributed by atoms with E-state index >= 15 is 0 Å². The number of rotatable bonds is 2. The lowest BCUT2D eigenvalue weighted by atomic mass is 9.86. The van der Waals surface area contributed by atoms with Gasteiger partial charge in [0.25, 0.3) is 0 Å². The Balaban J connectivity index is 1.87. The van der Waals surface area contributed by atoms with E-state index in [2.05, 4.69) is 26.2 Å². The van der Waals surface area contributed by atoms with Crippen LogP contribution >= 0.6 is 27.3 Å². The molecule has 1 aliphatic carbocycles. The first-order valence-electron chi connectivity index (χ1n) is 5.26. The molecule has 0 aromatic carbocycles. The van der Waals surface area contributed by atoms with E-state index in [-0.39, 0.29) is 6.04 Å². The van der Waals surface area contributed by atoms with Crippen LogP contribution in [0.3, 0.4) is 0 Å². The number of aromatic nitrogens is 1. The van der Waals surface area contributed by atoms with E-state index in [0.29, 0.717) is 5.92 Å². The molecule has 2 rings (SSSR count). The second-order valence-electron chi connectivity index (χ2n) is 4.00. The molecule has 1 fully saturated rings. The molecule has 0 spiro atoms. The van der Waals surface area contributed by atoms with E-state index in [0.717, 1.165) is 29.5 Å². The molecule has 0 unspecified atom stereocenters. The minimum Gasteiger partial charge on any atom is -0.465 e. The van der Waals surface area contributed by atoms with Crippen LogP contribution in [0.25, 0.3) is 0 Å². The molecule has 2 N–H and O–H groups in total. The number of hydrogen-bond acceptors (Lipinski definition) is 3. The molecule has 4 nitrogen and oxygen atoms in total. The normalized spacial score (nSPS) is 25.3. The van der Waals surface area contributed by atoms with Gasteiger partial charge in [0, 0.05) is 12.0 Å². The fourth-order valence-electron chi connectivity index (χ4n) is 2.12. The van der Waals surface area contributed by atoms with Crippen LogP contribution in [-0.2, 0) is 0 Å². The average Bonchev–Trinajstić information content (AvgIpc) is 2.65. The van der Waals surface area contributed by atoms with Crippen molar-refractivity contribution >= 4 is 33.4 Å². The summed E-state index contributed by atoms with van der Waals surface area (Å²) in [6, 6.07) is 0.122. The summed E-state index contributed by atoms with van der Waals surface area (Å²) in [4.78, 5) is 14.9. The van der Waals surface area contributed by atoms with Crippen molar-refractivity contribution in [1.82, 2.24) is 10.3 Å². The molecular weight excluding hydrogens is 292 g/mol. The SMILES string of the molecule is O=C(O)N[C@H]1CC[C@H](c2ncc(Br)s2)CC1. The minimum atomic E-state index is -0.916. The maximum absolute atomic E-state index is 10.5. The van der Waals surface area contributed by atoms with Crippen molar-refractivity contribution in [1.29, 1.82) is 0 Å². The Morgan fingerprint density at radius 1 is 1.50 bits per heavy atom. The van der Waals surface area contributed by atoms with E-state index in [9.17, 15) is 4.79 Å². The van der Waals surface area contributed by atoms with Gasteiger partial charge in [-0.2, -0.15) is 0 Å². The Morgan fingerprint density at radius 3 is 2.69 bits per heavy atom. The van der Waals surface area contributed by atoms with Gasteiger partial charge in [0.15, 0.2) is 0 Å². The Morgan fingerprint density at radius 2 is 2.19 bits per heavy atom. The van der Waals surface area contributed by atoms with Crippen molar-refractivity contribution in [2.75, 3.05) is 0 Å². The van der Waals surface area contributed by atoms with E-state index in [1.165, 1.54) is 5.01 Å². The zero-order valence-electron chi connectivity index (χ0n) is 8.65. The molecule has 1 heterocycles. The molecule has 1 aromatic heterocycles. The summed E-state index contributed by atoms with van der Waals surface area (Å²) >= 11 is 5.09. The van der Waals surface area contributed by atoms with E-state index in [1.54, 1.807) is 11.3 Å². The monoisotopic (exact) mass is 304 g/mol. The van der Waals surface area contributed by atoms with Crippen LogP contribution in [0, 0.1) is 0 Å². The molecule has 0 aliphatic heterocycles. The molecule has 1 aromatic rings. The second-order valence-corrected chi connectivity index (χ2v) is 6.44. The molecule has 1 saturated carbocycles. The van der Waals surface area contributed by atoms with Gasteiger partial charge in [-0.25, -0.2) is 9.78 Å². The number of nitrogens with zero attached hydrogens (tertiary/aromatic N) is 1. The molecule has 1 amide bonds. The lowest BCUT2D eigenvalue weighted by Gasteiger charge is -2.26. The fraction of sp³-hybridized carbons (Fsp3) is 0.600. The molecule has 88 valence electrons. The number of nitrogens with one attached hydrogen (secondary N) is 1. The fourth-order valence-corrected chi connectivity index (χ4v) is 3.53. The zero-order valence-corrected chi connectivity index (χ0v) is 11.1. The maximum atomic E-state index is 10.5. The standard InChI is InChI=1S/C10H13BrN2O2S/c11-8-5-12-9(16-8)6-1-3-7(4-2-6)13-10(14)15/h5-7,13H,1-4H2,(H,14,15)/t6-,7-. The van der Waals surface area contributed by atoms with E-state index in [4.69, 9.17) is 5.11 Å². The first kappa shape index (κ1) is 11.9. The summed E-state index contributed by atoms with van der Waals surface area (Å²) in [5.41, 5.74) is 0. The first-order valence-corrected chi connectivity index (χ1v) is 6.87. The summed E-state index contributed by atoms with van der Waals surface area (Å²) < 4.78 is 1.06. The summed E-state index contributed by atoms with van der Waals surface area (Å²) in [5.74, 6) is 0.503. The third kappa shape index (κ3) is 2.95. The Hall–Kier alpha value is -0.620. The highest BCUT2D eigenvalue weighted by Crippen LogP contribution is 2.36. The maximum Gasteiger partial charge on any atom is 0.404 e. The molecular formula is C10H13BrN2O2S. The van der Waals surface area contributed by atoms with Crippen LogP contribution in [0.5, 0.6) is 0 Å². The highest BCUT2D eigenvalue weighted by molar-refractivity contribution is 9.11. The van der Waals surface area contributed by atoms with Gasteiger partial charge < -0.3 is 10.4 Å². The van der Waals surface area contributed by atoms with Crippen LogP contribution in [0.4, 0.5) is 4.79 Å². The van der Waals surface area contributed by atoms with Crippen molar-refractivity contribution < 1.29 is 9.90 Å². The highest BCUT2D eigenvalue weighted by Gasteiger charge is 2.25. The molecule has 0 radical (unpaired) electrons. The van der Waals surface area contributed by atoms with E-state index in [1.807, 2.05) is 6.20 Å². The largest absolute Gasteiger partial charge is 0.465 e. The van der Waals surface area contributed by atoms with Gasteiger partial charge in [-0.1, -0.05) is 0 Å².